The van der Waals surface area contributed by atoms with Gasteiger partial charge in [0.15, 0.2) is 0 Å². The number of halogens is 2. The summed E-state index contributed by atoms with van der Waals surface area (Å²) >= 11 is 11.8. The molecule has 5 nitrogen and oxygen atoms in total. The second kappa shape index (κ2) is 7.84. The third kappa shape index (κ3) is 5.04. The Bertz CT molecular complexity index is 499. The molecule has 0 aliphatic carbocycles. The molecule has 0 bridgehead atoms. The number of hydrogen-bond donors (Lipinski definition) is 3. The topological polar surface area (TPSA) is 70.6 Å². The summed E-state index contributed by atoms with van der Waals surface area (Å²) in [7, 11) is 0. The van der Waals surface area contributed by atoms with Crippen molar-refractivity contribution in [1.82, 2.24) is 10.6 Å². The van der Waals surface area contributed by atoms with E-state index in [2.05, 4.69) is 10.6 Å². The molecule has 2 rings (SSSR count). The molecule has 7 heteroatoms. The van der Waals surface area contributed by atoms with Crippen LogP contribution < -0.4 is 15.4 Å². The predicted octanol–water partition coefficient (Wildman–Crippen LogP) is 1.46. The van der Waals surface area contributed by atoms with Crippen LogP contribution in [0.3, 0.4) is 0 Å². The highest BCUT2D eigenvalue weighted by Gasteiger charge is 2.24. The standard InChI is InChI=1S/C14H18Cl2N2O3/c15-10-1-2-13(11(16)5-10)21-4-3-14(20)18-7-9-6-17-8-12(9)19/h1-2,5,9,12,17,19H,3-4,6-8H2,(H,18,20). The number of carbonyl (C=O) groups is 1. The van der Waals surface area contributed by atoms with E-state index < -0.39 is 6.10 Å². The van der Waals surface area contributed by atoms with E-state index in [0.29, 0.717) is 28.9 Å². The van der Waals surface area contributed by atoms with Crippen molar-refractivity contribution in [3.63, 3.8) is 0 Å². The predicted molar refractivity (Wildman–Crippen MR) is 82.0 cm³/mol. The highest BCUT2D eigenvalue weighted by molar-refractivity contribution is 6.35. The van der Waals surface area contributed by atoms with Crippen molar-refractivity contribution in [2.24, 2.45) is 5.92 Å². The van der Waals surface area contributed by atoms with E-state index in [9.17, 15) is 9.90 Å². The maximum atomic E-state index is 11.7. The van der Waals surface area contributed by atoms with Crippen molar-refractivity contribution < 1.29 is 14.6 Å². The van der Waals surface area contributed by atoms with Crippen molar-refractivity contribution in [1.29, 1.82) is 0 Å². The summed E-state index contributed by atoms with van der Waals surface area (Å²) in [6, 6.07) is 4.94. The maximum Gasteiger partial charge on any atom is 0.223 e. The van der Waals surface area contributed by atoms with Crippen LogP contribution in [0.2, 0.25) is 10.0 Å². The van der Waals surface area contributed by atoms with Gasteiger partial charge >= 0.3 is 0 Å². The average Bonchev–Trinajstić information content (AvgIpc) is 2.84. The molecule has 1 saturated heterocycles. The first-order valence-electron chi connectivity index (χ1n) is 6.79. The molecule has 0 spiro atoms. The average molecular weight is 333 g/mol. The van der Waals surface area contributed by atoms with E-state index in [1.807, 2.05) is 0 Å². The van der Waals surface area contributed by atoms with E-state index in [0.717, 1.165) is 6.54 Å². The molecular weight excluding hydrogens is 315 g/mol. The fourth-order valence-corrected chi connectivity index (χ4v) is 2.57. The molecule has 0 radical (unpaired) electrons. The largest absolute Gasteiger partial charge is 0.491 e. The van der Waals surface area contributed by atoms with Gasteiger partial charge in [0, 0.05) is 30.6 Å². The minimum Gasteiger partial charge on any atom is -0.491 e. The zero-order valence-electron chi connectivity index (χ0n) is 11.4. The lowest BCUT2D eigenvalue weighted by Gasteiger charge is -2.14. The highest BCUT2D eigenvalue weighted by Crippen LogP contribution is 2.27. The van der Waals surface area contributed by atoms with Crippen LogP contribution in [-0.4, -0.2) is 43.4 Å². The summed E-state index contributed by atoms with van der Waals surface area (Å²) in [6.07, 6.45) is -0.163. The first kappa shape index (κ1) is 16.4. The van der Waals surface area contributed by atoms with E-state index in [-0.39, 0.29) is 24.9 Å². The molecule has 0 saturated carbocycles. The normalized spacial score (nSPS) is 21.3. The number of ether oxygens (including phenoxy) is 1. The van der Waals surface area contributed by atoms with Crippen LogP contribution in [0.4, 0.5) is 0 Å². The Morgan fingerprint density at radius 1 is 1.43 bits per heavy atom. The van der Waals surface area contributed by atoms with Crippen LogP contribution in [0.25, 0.3) is 0 Å². The molecule has 1 aliphatic rings. The zero-order chi connectivity index (χ0) is 15.2. The Hall–Kier alpha value is -1.01. The lowest BCUT2D eigenvalue weighted by atomic mass is 10.1. The molecule has 1 amide bonds. The summed E-state index contributed by atoms with van der Waals surface area (Å²) in [5.74, 6) is 0.462. The molecular formula is C14H18Cl2N2O3. The van der Waals surface area contributed by atoms with Gasteiger partial charge in [-0.1, -0.05) is 23.2 Å². The molecule has 1 aliphatic heterocycles. The molecule has 1 heterocycles. The maximum absolute atomic E-state index is 11.7. The van der Waals surface area contributed by atoms with Crippen LogP contribution in [0.5, 0.6) is 5.75 Å². The van der Waals surface area contributed by atoms with Gasteiger partial charge in [-0.3, -0.25) is 4.79 Å². The Labute approximate surface area is 133 Å². The van der Waals surface area contributed by atoms with E-state index in [4.69, 9.17) is 27.9 Å². The number of carbonyl (C=O) groups excluding carboxylic acids is 1. The van der Waals surface area contributed by atoms with Gasteiger partial charge in [0.05, 0.1) is 24.2 Å². The summed E-state index contributed by atoms with van der Waals surface area (Å²) in [5.41, 5.74) is 0. The van der Waals surface area contributed by atoms with Gasteiger partial charge in [0.2, 0.25) is 5.91 Å². The van der Waals surface area contributed by atoms with Crippen molar-refractivity contribution in [3.8, 4) is 5.75 Å². The van der Waals surface area contributed by atoms with Crippen LogP contribution in [0, 0.1) is 5.92 Å². The lowest BCUT2D eigenvalue weighted by Crippen LogP contribution is -2.34. The summed E-state index contributed by atoms with van der Waals surface area (Å²) < 4.78 is 5.44. The van der Waals surface area contributed by atoms with E-state index in [1.54, 1.807) is 18.2 Å². The van der Waals surface area contributed by atoms with Gasteiger partial charge < -0.3 is 20.5 Å². The number of benzene rings is 1. The second-order valence-corrected chi connectivity index (χ2v) is 5.81. The van der Waals surface area contributed by atoms with Gasteiger partial charge in [0.25, 0.3) is 0 Å². The first-order valence-corrected chi connectivity index (χ1v) is 7.55. The fourth-order valence-electron chi connectivity index (χ4n) is 2.11. The Morgan fingerprint density at radius 3 is 2.90 bits per heavy atom. The van der Waals surface area contributed by atoms with Crippen LogP contribution >= 0.6 is 23.2 Å². The Balaban J connectivity index is 1.67. The fraction of sp³-hybridized carbons (Fsp3) is 0.500. The minimum absolute atomic E-state index is 0.0700. The second-order valence-electron chi connectivity index (χ2n) is 4.96. The monoisotopic (exact) mass is 332 g/mol. The van der Waals surface area contributed by atoms with Crippen LogP contribution in [0.1, 0.15) is 6.42 Å². The number of β-amino-alcohol motifs (C(OH)–C–C–N with tert-alkyl or cyclic N) is 1. The Kier molecular flexibility index (Phi) is 6.11. The molecule has 0 aromatic heterocycles. The van der Waals surface area contributed by atoms with Crippen molar-refractivity contribution in [3.05, 3.63) is 28.2 Å². The van der Waals surface area contributed by atoms with Gasteiger partial charge in [-0.15, -0.1) is 0 Å². The van der Waals surface area contributed by atoms with Gasteiger partial charge in [0.1, 0.15) is 5.75 Å². The first-order chi connectivity index (χ1) is 10.1. The number of aliphatic hydroxyl groups is 1. The zero-order valence-corrected chi connectivity index (χ0v) is 13.0. The highest BCUT2D eigenvalue weighted by atomic mass is 35.5. The molecule has 2 atom stereocenters. The smallest absolute Gasteiger partial charge is 0.223 e. The summed E-state index contributed by atoms with van der Waals surface area (Å²) in [4.78, 5) is 11.7. The minimum atomic E-state index is -0.394. The molecule has 1 aromatic carbocycles. The van der Waals surface area contributed by atoms with Gasteiger partial charge in [-0.05, 0) is 18.2 Å². The third-order valence-corrected chi connectivity index (χ3v) is 3.88. The molecule has 1 fully saturated rings. The van der Waals surface area contributed by atoms with Gasteiger partial charge in [-0.2, -0.15) is 0 Å². The third-order valence-electron chi connectivity index (χ3n) is 3.35. The van der Waals surface area contributed by atoms with E-state index >= 15 is 0 Å². The van der Waals surface area contributed by atoms with Crippen LogP contribution in [-0.2, 0) is 4.79 Å². The lowest BCUT2D eigenvalue weighted by molar-refractivity contribution is -0.121. The van der Waals surface area contributed by atoms with E-state index in [1.165, 1.54) is 0 Å². The number of hydrogen-bond acceptors (Lipinski definition) is 4. The van der Waals surface area contributed by atoms with Crippen LogP contribution in [0.15, 0.2) is 18.2 Å². The molecule has 3 N–H and O–H groups in total. The molecule has 1 aromatic rings. The van der Waals surface area contributed by atoms with Crippen molar-refractivity contribution in [2.75, 3.05) is 26.2 Å². The Morgan fingerprint density at radius 2 is 2.24 bits per heavy atom. The summed E-state index contributed by atoms with van der Waals surface area (Å²) in [5, 5.41) is 16.4. The van der Waals surface area contributed by atoms with Crippen molar-refractivity contribution in [2.45, 2.75) is 12.5 Å². The number of aliphatic hydroxyl groups excluding tert-OH is 1. The number of nitrogens with one attached hydrogen (secondary N) is 2. The number of rotatable bonds is 6. The molecule has 2 unspecified atom stereocenters. The SMILES string of the molecule is O=C(CCOc1ccc(Cl)cc1Cl)NCC1CNCC1O. The summed E-state index contributed by atoms with van der Waals surface area (Å²) in [6.45, 7) is 2.00. The molecule has 116 valence electrons. The molecule has 21 heavy (non-hydrogen) atoms. The quantitative estimate of drug-likeness (QED) is 0.737. The van der Waals surface area contributed by atoms with Gasteiger partial charge in [-0.25, -0.2) is 0 Å². The number of amides is 1. The van der Waals surface area contributed by atoms with Crippen molar-refractivity contribution >= 4 is 29.1 Å².